The van der Waals surface area contributed by atoms with Gasteiger partial charge in [-0.05, 0) is 31.4 Å². The van der Waals surface area contributed by atoms with Gasteiger partial charge in [0.15, 0.2) is 11.5 Å². The molecule has 0 aliphatic carbocycles. The lowest BCUT2D eigenvalue weighted by molar-refractivity contribution is -0.137. The van der Waals surface area contributed by atoms with Crippen molar-refractivity contribution in [3.8, 4) is 17.2 Å². The van der Waals surface area contributed by atoms with Gasteiger partial charge in [0.25, 0.3) is 0 Å². The molecule has 0 fully saturated rings. The average Bonchev–Trinajstić information content (AvgIpc) is 2.80. The summed E-state index contributed by atoms with van der Waals surface area (Å²) in [7, 11) is 0. The Hall–Kier alpha value is -1.91. The van der Waals surface area contributed by atoms with Crippen molar-refractivity contribution in [3.05, 3.63) is 18.2 Å². The van der Waals surface area contributed by atoms with Gasteiger partial charge in [0, 0.05) is 12.5 Å². The summed E-state index contributed by atoms with van der Waals surface area (Å²) in [6.07, 6.45) is 2.63. The summed E-state index contributed by atoms with van der Waals surface area (Å²) in [5.41, 5.74) is 0. The SMILES string of the molecule is O=C(O)CCCCCOc1ccc2c(c1)OCO2. The first-order valence-electron chi connectivity index (χ1n) is 6.00. The Morgan fingerprint density at radius 2 is 2.06 bits per heavy atom. The van der Waals surface area contributed by atoms with E-state index in [0.717, 1.165) is 24.3 Å². The zero-order chi connectivity index (χ0) is 12.8. The number of benzene rings is 1. The number of rotatable bonds is 7. The molecule has 0 bridgehead atoms. The fraction of sp³-hybridized carbons (Fsp3) is 0.462. The van der Waals surface area contributed by atoms with E-state index < -0.39 is 5.97 Å². The van der Waals surface area contributed by atoms with Gasteiger partial charge in [-0.15, -0.1) is 0 Å². The molecule has 0 saturated carbocycles. The van der Waals surface area contributed by atoms with Gasteiger partial charge in [0.1, 0.15) is 5.75 Å². The predicted octanol–water partition coefficient (Wildman–Crippen LogP) is 2.44. The Bertz CT molecular complexity index is 416. The molecule has 0 amide bonds. The third-order valence-corrected chi connectivity index (χ3v) is 2.65. The Balaban J connectivity index is 1.66. The van der Waals surface area contributed by atoms with Crippen LogP contribution < -0.4 is 14.2 Å². The lowest BCUT2D eigenvalue weighted by Gasteiger charge is -2.06. The maximum Gasteiger partial charge on any atom is 0.303 e. The minimum absolute atomic E-state index is 0.226. The van der Waals surface area contributed by atoms with Crippen molar-refractivity contribution >= 4 is 5.97 Å². The zero-order valence-electron chi connectivity index (χ0n) is 10.1. The highest BCUT2D eigenvalue weighted by atomic mass is 16.7. The summed E-state index contributed by atoms with van der Waals surface area (Å²) >= 11 is 0. The first-order chi connectivity index (χ1) is 8.75. The van der Waals surface area contributed by atoms with Gasteiger partial charge >= 0.3 is 5.97 Å². The fourth-order valence-electron chi connectivity index (χ4n) is 1.71. The van der Waals surface area contributed by atoms with Crippen LogP contribution in [0.1, 0.15) is 25.7 Å². The van der Waals surface area contributed by atoms with Crippen LogP contribution in [-0.4, -0.2) is 24.5 Å². The monoisotopic (exact) mass is 252 g/mol. The van der Waals surface area contributed by atoms with Crippen molar-refractivity contribution in [1.82, 2.24) is 0 Å². The van der Waals surface area contributed by atoms with Crippen molar-refractivity contribution < 1.29 is 24.1 Å². The maximum atomic E-state index is 10.3. The van der Waals surface area contributed by atoms with E-state index in [1.165, 1.54) is 0 Å². The Morgan fingerprint density at radius 1 is 1.22 bits per heavy atom. The lowest BCUT2D eigenvalue weighted by atomic mass is 10.2. The number of unbranched alkanes of at least 4 members (excludes halogenated alkanes) is 2. The Labute approximate surface area is 105 Å². The van der Waals surface area contributed by atoms with Gasteiger partial charge in [-0.1, -0.05) is 0 Å². The van der Waals surface area contributed by atoms with Gasteiger partial charge < -0.3 is 19.3 Å². The topological polar surface area (TPSA) is 65.0 Å². The molecule has 2 rings (SSSR count). The molecule has 5 heteroatoms. The second kappa shape index (κ2) is 6.14. The summed E-state index contributed by atoms with van der Waals surface area (Å²) in [6.45, 7) is 0.841. The molecular formula is C13H16O5. The highest BCUT2D eigenvalue weighted by Crippen LogP contribution is 2.35. The van der Waals surface area contributed by atoms with Crippen LogP contribution in [0.25, 0.3) is 0 Å². The molecule has 0 aromatic heterocycles. The van der Waals surface area contributed by atoms with E-state index in [1.54, 1.807) is 6.07 Å². The van der Waals surface area contributed by atoms with E-state index in [-0.39, 0.29) is 13.2 Å². The molecule has 18 heavy (non-hydrogen) atoms. The number of carboxylic acid groups (broad SMARTS) is 1. The Morgan fingerprint density at radius 3 is 2.89 bits per heavy atom. The minimum Gasteiger partial charge on any atom is -0.493 e. The maximum absolute atomic E-state index is 10.3. The summed E-state index contributed by atoms with van der Waals surface area (Å²) in [4.78, 5) is 10.3. The molecule has 0 atom stereocenters. The van der Waals surface area contributed by atoms with Crippen molar-refractivity contribution in [2.45, 2.75) is 25.7 Å². The standard InChI is InChI=1S/C13H16O5/c14-13(15)4-2-1-3-7-16-10-5-6-11-12(8-10)18-9-17-11/h5-6,8H,1-4,7,9H2,(H,14,15). The summed E-state index contributed by atoms with van der Waals surface area (Å²) in [6, 6.07) is 5.46. The van der Waals surface area contributed by atoms with Gasteiger partial charge in [-0.2, -0.15) is 0 Å². The third kappa shape index (κ3) is 3.55. The highest BCUT2D eigenvalue weighted by Gasteiger charge is 2.13. The van der Waals surface area contributed by atoms with Crippen LogP contribution in [0.3, 0.4) is 0 Å². The van der Waals surface area contributed by atoms with E-state index >= 15 is 0 Å². The van der Waals surface area contributed by atoms with Crippen molar-refractivity contribution in [2.24, 2.45) is 0 Å². The van der Waals surface area contributed by atoms with Crippen LogP contribution >= 0.6 is 0 Å². The molecule has 98 valence electrons. The van der Waals surface area contributed by atoms with E-state index in [2.05, 4.69) is 0 Å². The molecular weight excluding hydrogens is 236 g/mol. The number of carboxylic acids is 1. The normalized spacial score (nSPS) is 12.4. The molecule has 0 spiro atoms. The van der Waals surface area contributed by atoms with Gasteiger partial charge in [-0.3, -0.25) is 4.79 Å². The van der Waals surface area contributed by atoms with Crippen LogP contribution in [0.2, 0.25) is 0 Å². The van der Waals surface area contributed by atoms with Gasteiger partial charge in [-0.25, -0.2) is 0 Å². The quantitative estimate of drug-likeness (QED) is 0.755. The summed E-state index contributed by atoms with van der Waals surface area (Å²) in [5, 5.41) is 8.48. The zero-order valence-corrected chi connectivity index (χ0v) is 10.1. The van der Waals surface area contributed by atoms with Gasteiger partial charge in [0.05, 0.1) is 6.61 Å². The molecule has 1 aliphatic heterocycles. The van der Waals surface area contributed by atoms with Gasteiger partial charge in [0.2, 0.25) is 6.79 Å². The fourth-order valence-corrected chi connectivity index (χ4v) is 1.71. The van der Waals surface area contributed by atoms with Crippen LogP contribution in [-0.2, 0) is 4.79 Å². The minimum atomic E-state index is -0.744. The van der Waals surface area contributed by atoms with Crippen molar-refractivity contribution in [1.29, 1.82) is 0 Å². The molecule has 1 aromatic carbocycles. The van der Waals surface area contributed by atoms with Crippen LogP contribution in [0, 0.1) is 0 Å². The van der Waals surface area contributed by atoms with Crippen molar-refractivity contribution in [2.75, 3.05) is 13.4 Å². The third-order valence-electron chi connectivity index (χ3n) is 2.65. The van der Waals surface area contributed by atoms with E-state index in [4.69, 9.17) is 19.3 Å². The molecule has 5 nitrogen and oxygen atoms in total. The number of carbonyl (C=O) groups is 1. The number of ether oxygens (including phenoxy) is 3. The second-order valence-corrected chi connectivity index (χ2v) is 4.07. The van der Waals surface area contributed by atoms with E-state index in [0.29, 0.717) is 18.8 Å². The largest absolute Gasteiger partial charge is 0.493 e. The average molecular weight is 252 g/mol. The lowest BCUT2D eigenvalue weighted by Crippen LogP contribution is -1.99. The molecule has 1 aromatic rings. The molecule has 1 aliphatic rings. The van der Waals surface area contributed by atoms with E-state index in [9.17, 15) is 4.79 Å². The summed E-state index contributed by atoms with van der Waals surface area (Å²) < 4.78 is 16.0. The van der Waals surface area contributed by atoms with Crippen LogP contribution in [0.5, 0.6) is 17.2 Å². The second-order valence-electron chi connectivity index (χ2n) is 4.07. The molecule has 1 heterocycles. The summed E-state index contributed by atoms with van der Waals surface area (Å²) in [5.74, 6) is 1.45. The van der Waals surface area contributed by atoms with Crippen LogP contribution in [0.15, 0.2) is 18.2 Å². The number of hydrogen-bond donors (Lipinski definition) is 1. The first kappa shape index (κ1) is 12.5. The number of hydrogen-bond acceptors (Lipinski definition) is 4. The Kier molecular flexibility index (Phi) is 4.28. The van der Waals surface area contributed by atoms with E-state index in [1.807, 2.05) is 12.1 Å². The first-order valence-corrected chi connectivity index (χ1v) is 6.00. The smallest absolute Gasteiger partial charge is 0.303 e. The molecule has 0 radical (unpaired) electrons. The number of aliphatic carboxylic acids is 1. The molecule has 1 N–H and O–H groups in total. The number of fused-ring (bicyclic) bond motifs is 1. The van der Waals surface area contributed by atoms with Crippen LogP contribution in [0.4, 0.5) is 0 Å². The predicted molar refractivity (Wildman–Crippen MR) is 64.2 cm³/mol. The molecule has 0 unspecified atom stereocenters. The van der Waals surface area contributed by atoms with Crippen molar-refractivity contribution in [3.63, 3.8) is 0 Å². The highest BCUT2D eigenvalue weighted by molar-refractivity contribution is 5.66. The molecule has 0 saturated heterocycles.